The summed E-state index contributed by atoms with van der Waals surface area (Å²) in [6.07, 6.45) is 9.59. The van der Waals surface area contributed by atoms with Crippen LogP contribution in [0.4, 0.5) is 4.39 Å². The molecule has 4 heteroatoms. The number of halogens is 1. The summed E-state index contributed by atoms with van der Waals surface area (Å²) in [5.41, 5.74) is 4.35. The van der Waals surface area contributed by atoms with Gasteiger partial charge in [-0.15, -0.1) is 0 Å². The summed E-state index contributed by atoms with van der Waals surface area (Å²) >= 11 is 0. The molecule has 3 rings (SSSR count). The van der Waals surface area contributed by atoms with Crippen molar-refractivity contribution in [2.45, 2.75) is 45.2 Å². The smallest absolute Gasteiger partial charge is 0.159 e. The van der Waals surface area contributed by atoms with Crippen LogP contribution in [0.5, 0.6) is 5.75 Å². The second kappa shape index (κ2) is 11.2. The minimum atomic E-state index is -0.686. The number of rotatable bonds is 11. The quantitative estimate of drug-likeness (QED) is 0.259. The molecule has 0 amide bonds. The van der Waals surface area contributed by atoms with Gasteiger partial charge in [-0.3, -0.25) is 0 Å². The van der Waals surface area contributed by atoms with Crippen LogP contribution >= 0.6 is 0 Å². The van der Waals surface area contributed by atoms with Crippen LogP contribution in [0.15, 0.2) is 73.6 Å². The highest BCUT2D eigenvalue weighted by atomic mass is 19.1. The van der Waals surface area contributed by atoms with Crippen LogP contribution in [0.3, 0.4) is 0 Å². The molecule has 1 heterocycles. The molecule has 30 heavy (non-hydrogen) atoms. The summed E-state index contributed by atoms with van der Waals surface area (Å²) in [5.74, 6) is 1.49. The molecular formula is C26H29FN2O. The maximum Gasteiger partial charge on any atom is 0.159 e. The molecule has 0 saturated heterocycles. The maximum absolute atomic E-state index is 12.8. The van der Waals surface area contributed by atoms with Crippen molar-refractivity contribution in [1.29, 1.82) is 0 Å². The second-order valence-corrected chi connectivity index (χ2v) is 7.50. The number of aromatic nitrogens is 2. The normalized spacial score (nSPS) is 11.8. The van der Waals surface area contributed by atoms with Gasteiger partial charge in [-0.25, -0.2) is 14.4 Å². The third kappa shape index (κ3) is 6.51. The van der Waals surface area contributed by atoms with Crippen molar-refractivity contribution >= 4 is 0 Å². The van der Waals surface area contributed by atoms with E-state index in [1.165, 1.54) is 5.56 Å². The molecule has 3 aromatic rings. The van der Waals surface area contributed by atoms with E-state index in [4.69, 9.17) is 4.74 Å². The van der Waals surface area contributed by atoms with Crippen LogP contribution in [0.2, 0.25) is 0 Å². The lowest BCUT2D eigenvalue weighted by Gasteiger charge is -2.07. The molecule has 156 valence electrons. The molecule has 0 N–H and O–H groups in total. The van der Waals surface area contributed by atoms with Gasteiger partial charge in [-0.2, -0.15) is 0 Å². The molecule has 3 nitrogen and oxygen atoms in total. The zero-order valence-corrected chi connectivity index (χ0v) is 17.6. The summed E-state index contributed by atoms with van der Waals surface area (Å²) in [6.45, 7) is 5.77. The Morgan fingerprint density at radius 1 is 0.900 bits per heavy atom. The number of benzene rings is 2. The van der Waals surface area contributed by atoms with Gasteiger partial charge in [-0.05, 0) is 61.6 Å². The van der Waals surface area contributed by atoms with Crippen molar-refractivity contribution < 1.29 is 9.13 Å². The number of nitrogens with zero attached hydrogens (tertiary/aromatic N) is 2. The molecule has 0 aliphatic heterocycles. The van der Waals surface area contributed by atoms with E-state index in [0.29, 0.717) is 18.9 Å². The molecule has 1 aromatic heterocycles. The van der Waals surface area contributed by atoms with Crippen LogP contribution in [-0.4, -0.2) is 22.7 Å². The summed E-state index contributed by atoms with van der Waals surface area (Å²) in [6, 6.07) is 16.3. The SMILES string of the molecule is C=CCOc1ccc(-c2ncc(-c3ccc(CCCCCC(C)F)cc3)cn2)cc1. The van der Waals surface area contributed by atoms with Crippen molar-refractivity contribution in [3.63, 3.8) is 0 Å². The van der Waals surface area contributed by atoms with Crippen LogP contribution in [-0.2, 0) is 6.42 Å². The Morgan fingerprint density at radius 2 is 1.57 bits per heavy atom. The number of hydrogen-bond acceptors (Lipinski definition) is 3. The first-order valence-corrected chi connectivity index (χ1v) is 10.6. The lowest BCUT2D eigenvalue weighted by Crippen LogP contribution is -1.94. The van der Waals surface area contributed by atoms with Crippen molar-refractivity contribution in [2.75, 3.05) is 6.61 Å². The lowest BCUT2D eigenvalue weighted by molar-refractivity contribution is 0.330. The Bertz CT molecular complexity index is 903. The first-order valence-electron chi connectivity index (χ1n) is 10.6. The van der Waals surface area contributed by atoms with Gasteiger partial charge >= 0.3 is 0 Å². The van der Waals surface area contributed by atoms with Crippen LogP contribution in [0.25, 0.3) is 22.5 Å². The molecule has 1 atom stereocenters. The fourth-order valence-electron chi connectivity index (χ4n) is 3.28. The third-order valence-electron chi connectivity index (χ3n) is 4.99. The van der Waals surface area contributed by atoms with Crippen LogP contribution in [0.1, 0.15) is 38.2 Å². The highest BCUT2D eigenvalue weighted by molar-refractivity contribution is 5.64. The van der Waals surface area contributed by atoms with Gasteiger partial charge in [0.25, 0.3) is 0 Å². The minimum absolute atomic E-state index is 0.488. The van der Waals surface area contributed by atoms with E-state index in [1.807, 2.05) is 36.7 Å². The van der Waals surface area contributed by atoms with Gasteiger partial charge < -0.3 is 4.74 Å². The predicted octanol–water partition coefficient (Wildman–Crippen LogP) is 6.84. The Morgan fingerprint density at radius 3 is 2.20 bits per heavy atom. The molecule has 0 fully saturated rings. The monoisotopic (exact) mass is 404 g/mol. The first kappa shape index (κ1) is 21.7. The van der Waals surface area contributed by atoms with Crippen LogP contribution in [0, 0.1) is 0 Å². The number of aryl methyl sites for hydroxylation is 1. The summed E-state index contributed by atoms with van der Waals surface area (Å²) in [4.78, 5) is 9.05. The van der Waals surface area contributed by atoms with E-state index in [0.717, 1.165) is 48.1 Å². The zero-order chi connectivity index (χ0) is 21.2. The standard InChI is InChI=1S/C26H29FN2O/c1-3-17-30-25-15-13-23(14-16-25)26-28-18-24(19-29-26)22-11-9-21(10-12-22)8-6-4-5-7-20(2)27/h3,9-16,18-20H,1,4-8,17H2,2H3. The molecule has 0 spiro atoms. The van der Waals surface area contributed by atoms with E-state index in [-0.39, 0.29) is 0 Å². The highest BCUT2D eigenvalue weighted by Crippen LogP contribution is 2.23. The zero-order valence-electron chi connectivity index (χ0n) is 17.6. The molecule has 0 radical (unpaired) electrons. The maximum atomic E-state index is 12.8. The van der Waals surface area contributed by atoms with Crippen molar-refractivity contribution in [3.05, 3.63) is 79.1 Å². The molecule has 0 aliphatic rings. The number of hydrogen-bond donors (Lipinski definition) is 0. The lowest BCUT2D eigenvalue weighted by atomic mass is 10.0. The van der Waals surface area contributed by atoms with E-state index in [2.05, 4.69) is 40.8 Å². The second-order valence-electron chi connectivity index (χ2n) is 7.50. The number of ether oxygens (including phenoxy) is 1. The highest BCUT2D eigenvalue weighted by Gasteiger charge is 2.05. The van der Waals surface area contributed by atoms with Crippen molar-refractivity contribution in [2.24, 2.45) is 0 Å². The van der Waals surface area contributed by atoms with Crippen molar-refractivity contribution in [3.8, 4) is 28.3 Å². The molecule has 1 unspecified atom stereocenters. The largest absolute Gasteiger partial charge is 0.490 e. The van der Waals surface area contributed by atoms with E-state index >= 15 is 0 Å². The van der Waals surface area contributed by atoms with E-state index in [1.54, 1.807) is 13.0 Å². The van der Waals surface area contributed by atoms with Crippen LogP contribution < -0.4 is 4.74 Å². The van der Waals surface area contributed by atoms with Gasteiger partial charge in [0.1, 0.15) is 12.4 Å². The Balaban J connectivity index is 1.56. The average molecular weight is 405 g/mol. The van der Waals surface area contributed by atoms with E-state index < -0.39 is 6.17 Å². The molecule has 0 saturated carbocycles. The number of unbranched alkanes of at least 4 members (excludes halogenated alkanes) is 2. The number of alkyl halides is 1. The summed E-state index contributed by atoms with van der Waals surface area (Å²) in [7, 11) is 0. The Hall–Kier alpha value is -3.01. The first-order chi connectivity index (χ1) is 14.7. The fourth-order valence-corrected chi connectivity index (χ4v) is 3.28. The van der Waals surface area contributed by atoms with Crippen molar-refractivity contribution in [1.82, 2.24) is 9.97 Å². The topological polar surface area (TPSA) is 35.0 Å². The molecule has 0 aliphatic carbocycles. The Kier molecular flexibility index (Phi) is 8.13. The van der Waals surface area contributed by atoms with Gasteiger partial charge in [0.05, 0.1) is 6.17 Å². The molecule has 0 bridgehead atoms. The third-order valence-corrected chi connectivity index (χ3v) is 4.99. The molecule has 2 aromatic carbocycles. The van der Waals surface area contributed by atoms with Gasteiger partial charge in [0.2, 0.25) is 0 Å². The summed E-state index contributed by atoms with van der Waals surface area (Å²) in [5, 5.41) is 0. The van der Waals surface area contributed by atoms with E-state index in [9.17, 15) is 4.39 Å². The van der Waals surface area contributed by atoms with Gasteiger partial charge in [-0.1, -0.05) is 49.8 Å². The summed E-state index contributed by atoms with van der Waals surface area (Å²) < 4.78 is 18.3. The predicted molar refractivity (Wildman–Crippen MR) is 121 cm³/mol. The van der Waals surface area contributed by atoms with Gasteiger partial charge in [0.15, 0.2) is 5.82 Å². The molecular weight excluding hydrogens is 375 g/mol. The fraction of sp³-hybridized carbons (Fsp3) is 0.308. The minimum Gasteiger partial charge on any atom is -0.490 e. The van der Waals surface area contributed by atoms with Gasteiger partial charge in [0, 0.05) is 23.5 Å². The average Bonchev–Trinajstić information content (AvgIpc) is 2.78. The Labute approximate surface area is 178 Å².